The van der Waals surface area contributed by atoms with Crippen molar-refractivity contribution in [1.29, 1.82) is 0 Å². The topological polar surface area (TPSA) is 63.6 Å². The summed E-state index contributed by atoms with van der Waals surface area (Å²) >= 11 is 0. The van der Waals surface area contributed by atoms with E-state index in [1.807, 2.05) is 13.8 Å². The highest BCUT2D eigenvalue weighted by atomic mass is 16.6. The molecule has 0 spiro atoms. The fourth-order valence-electron chi connectivity index (χ4n) is 1.50. The van der Waals surface area contributed by atoms with Gasteiger partial charge in [0.1, 0.15) is 11.3 Å². The fraction of sp³-hybridized carbons (Fsp3) is 0.385. The molecule has 4 heteroatoms. The van der Waals surface area contributed by atoms with Gasteiger partial charge >= 0.3 is 11.9 Å². The average molecular weight is 236 g/mol. The van der Waals surface area contributed by atoms with Crippen molar-refractivity contribution in [3.63, 3.8) is 0 Å². The number of esters is 2. The van der Waals surface area contributed by atoms with Crippen LogP contribution in [-0.2, 0) is 9.53 Å². The second-order valence-electron chi connectivity index (χ2n) is 3.74. The highest BCUT2D eigenvalue weighted by Gasteiger charge is 2.21. The summed E-state index contributed by atoms with van der Waals surface area (Å²) in [5.74, 6) is -1.80. The van der Waals surface area contributed by atoms with Gasteiger partial charge in [-0.25, -0.2) is 4.79 Å². The molecule has 4 nitrogen and oxygen atoms in total. The van der Waals surface area contributed by atoms with Crippen LogP contribution in [0.15, 0.2) is 24.3 Å². The van der Waals surface area contributed by atoms with Gasteiger partial charge < -0.3 is 9.84 Å². The van der Waals surface area contributed by atoms with E-state index in [-0.39, 0.29) is 17.2 Å². The normalized spacial score (nSPS) is 10.3. The van der Waals surface area contributed by atoms with Gasteiger partial charge in [0.2, 0.25) is 0 Å². The summed E-state index contributed by atoms with van der Waals surface area (Å²) in [7, 11) is 0. The van der Waals surface area contributed by atoms with E-state index in [2.05, 4.69) is 0 Å². The molecular weight excluding hydrogens is 220 g/mol. The highest BCUT2D eigenvalue weighted by molar-refractivity contribution is 5.99. The molecule has 0 saturated heterocycles. The summed E-state index contributed by atoms with van der Waals surface area (Å²) in [6.07, 6.45) is 1.26. The van der Waals surface area contributed by atoms with Crippen molar-refractivity contribution in [2.24, 2.45) is 5.92 Å². The van der Waals surface area contributed by atoms with E-state index in [4.69, 9.17) is 4.74 Å². The monoisotopic (exact) mass is 236 g/mol. The van der Waals surface area contributed by atoms with Crippen molar-refractivity contribution < 1.29 is 19.4 Å². The molecule has 0 aliphatic carbocycles. The Morgan fingerprint density at radius 3 is 2.35 bits per heavy atom. The quantitative estimate of drug-likeness (QED) is 0.644. The van der Waals surface area contributed by atoms with Gasteiger partial charge in [0.05, 0.1) is 5.92 Å². The summed E-state index contributed by atoms with van der Waals surface area (Å²) in [4.78, 5) is 23.2. The first-order chi connectivity index (χ1) is 8.10. The lowest BCUT2D eigenvalue weighted by Gasteiger charge is -2.10. The Labute approximate surface area is 100 Å². The van der Waals surface area contributed by atoms with Crippen LogP contribution < -0.4 is 0 Å². The third-order valence-electron chi connectivity index (χ3n) is 2.64. The fourth-order valence-corrected chi connectivity index (χ4v) is 1.50. The molecule has 1 rings (SSSR count). The Kier molecular flexibility index (Phi) is 4.69. The zero-order valence-electron chi connectivity index (χ0n) is 9.97. The van der Waals surface area contributed by atoms with Gasteiger partial charge in [-0.05, 0) is 25.0 Å². The molecule has 92 valence electrons. The Hall–Kier alpha value is -1.84. The van der Waals surface area contributed by atoms with Crippen LogP contribution in [0.3, 0.4) is 0 Å². The Bertz CT molecular complexity index is 408. The zero-order chi connectivity index (χ0) is 12.8. The number of phenolic OH excluding ortho intramolecular Hbond substituents is 1. The zero-order valence-corrected chi connectivity index (χ0v) is 9.97. The first-order valence-electron chi connectivity index (χ1n) is 5.64. The van der Waals surface area contributed by atoms with Gasteiger partial charge in [0.25, 0.3) is 0 Å². The predicted octanol–water partition coefficient (Wildman–Crippen LogP) is 2.51. The van der Waals surface area contributed by atoms with Gasteiger partial charge in [-0.2, -0.15) is 0 Å². The van der Waals surface area contributed by atoms with Crippen LogP contribution in [0.1, 0.15) is 37.0 Å². The largest absolute Gasteiger partial charge is 0.507 e. The predicted molar refractivity (Wildman–Crippen MR) is 62.6 cm³/mol. The SMILES string of the molecule is CCC(CC)C(=O)OC(=O)c1ccccc1O. The molecule has 0 amide bonds. The molecule has 0 bridgehead atoms. The molecule has 1 aromatic carbocycles. The third-order valence-corrected chi connectivity index (χ3v) is 2.64. The number of para-hydroxylation sites is 1. The van der Waals surface area contributed by atoms with Crippen LogP contribution in [0.5, 0.6) is 5.75 Å². The first kappa shape index (κ1) is 13.2. The first-order valence-corrected chi connectivity index (χ1v) is 5.64. The molecule has 1 N–H and O–H groups in total. The van der Waals surface area contributed by atoms with Crippen LogP contribution in [-0.4, -0.2) is 17.0 Å². The number of carbonyl (C=O) groups excluding carboxylic acids is 2. The molecule has 0 unspecified atom stereocenters. The lowest BCUT2D eigenvalue weighted by atomic mass is 10.0. The summed E-state index contributed by atoms with van der Waals surface area (Å²) in [6, 6.07) is 5.97. The van der Waals surface area contributed by atoms with Gasteiger partial charge in [-0.15, -0.1) is 0 Å². The van der Waals surface area contributed by atoms with E-state index in [1.165, 1.54) is 12.1 Å². The minimum absolute atomic E-state index is 0.00630. The molecule has 1 aromatic rings. The molecule has 0 fully saturated rings. The van der Waals surface area contributed by atoms with Crippen LogP contribution in [0.25, 0.3) is 0 Å². The van der Waals surface area contributed by atoms with Crippen LogP contribution in [0, 0.1) is 5.92 Å². The van der Waals surface area contributed by atoms with E-state index in [0.717, 1.165) is 0 Å². The lowest BCUT2D eigenvalue weighted by Crippen LogP contribution is -2.20. The minimum atomic E-state index is -0.806. The smallest absolute Gasteiger partial charge is 0.349 e. The highest BCUT2D eigenvalue weighted by Crippen LogP contribution is 2.18. The number of benzene rings is 1. The molecule has 0 aliphatic heterocycles. The van der Waals surface area contributed by atoms with E-state index in [1.54, 1.807) is 12.1 Å². The number of hydrogen-bond acceptors (Lipinski definition) is 4. The van der Waals surface area contributed by atoms with Crippen molar-refractivity contribution in [1.82, 2.24) is 0 Å². The molecule has 0 aromatic heterocycles. The van der Waals surface area contributed by atoms with Crippen LogP contribution >= 0.6 is 0 Å². The summed E-state index contributed by atoms with van der Waals surface area (Å²) < 4.78 is 4.72. The number of hydrogen-bond donors (Lipinski definition) is 1. The molecule has 17 heavy (non-hydrogen) atoms. The molecule has 0 atom stereocenters. The van der Waals surface area contributed by atoms with E-state index in [9.17, 15) is 14.7 Å². The van der Waals surface area contributed by atoms with Gasteiger partial charge in [-0.1, -0.05) is 26.0 Å². The maximum Gasteiger partial charge on any atom is 0.349 e. The van der Waals surface area contributed by atoms with Gasteiger partial charge in [-0.3, -0.25) is 4.79 Å². The number of ether oxygens (including phenoxy) is 1. The Morgan fingerprint density at radius 1 is 1.24 bits per heavy atom. The summed E-state index contributed by atoms with van der Waals surface area (Å²) in [5, 5.41) is 9.43. The van der Waals surface area contributed by atoms with Crippen LogP contribution in [0.4, 0.5) is 0 Å². The van der Waals surface area contributed by atoms with Crippen molar-refractivity contribution in [3.05, 3.63) is 29.8 Å². The molecule has 0 heterocycles. The Morgan fingerprint density at radius 2 is 1.82 bits per heavy atom. The molecule has 0 radical (unpaired) electrons. The second-order valence-corrected chi connectivity index (χ2v) is 3.74. The molecular formula is C13H16O4. The number of carbonyl (C=O) groups is 2. The van der Waals surface area contributed by atoms with E-state index >= 15 is 0 Å². The summed E-state index contributed by atoms with van der Waals surface area (Å²) in [6.45, 7) is 3.72. The number of aromatic hydroxyl groups is 1. The van der Waals surface area contributed by atoms with Crippen molar-refractivity contribution in [3.8, 4) is 5.75 Å². The lowest BCUT2D eigenvalue weighted by molar-refractivity contribution is -0.142. The van der Waals surface area contributed by atoms with Crippen molar-refractivity contribution in [2.45, 2.75) is 26.7 Å². The summed E-state index contributed by atoms with van der Waals surface area (Å²) in [5.41, 5.74) is 0.00630. The Balaban J connectivity index is 2.73. The van der Waals surface area contributed by atoms with Gasteiger partial charge in [0, 0.05) is 0 Å². The average Bonchev–Trinajstić information content (AvgIpc) is 2.31. The van der Waals surface area contributed by atoms with Crippen LogP contribution in [0.2, 0.25) is 0 Å². The standard InChI is InChI=1S/C13H16O4/c1-3-9(4-2)12(15)17-13(16)10-7-5-6-8-11(10)14/h5-9,14H,3-4H2,1-2H3. The molecule has 0 aliphatic rings. The molecule has 0 saturated carbocycles. The van der Waals surface area contributed by atoms with E-state index < -0.39 is 11.9 Å². The van der Waals surface area contributed by atoms with E-state index in [0.29, 0.717) is 12.8 Å². The maximum absolute atomic E-state index is 11.6. The maximum atomic E-state index is 11.6. The minimum Gasteiger partial charge on any atom is -0.507 e. The second kappa shape index (κ2) is 6.03. The van der Waals surface area contributed by atoms with Gasteiger partial charge in [0.15, 0.2) is 0 Å². The third kappa shape index (κ3) is 3.31. The van der Waals surface area contributed by atoms with Crippen molar-refractivity contribution >= 4 is 11.9 Å². The number of phenols is 1. The van der Waals surface area contributed by atoms with Crippen molar-refractivity contribution in [2.75, 3.05) is 0 Å². The number of rotatable bonds is 4.